The summed E-state index contributed by atoms with van der Waals surface area (Å²) in [6.45, 7) is -2.84. The SMILES string of the molecule is FNNC(F)F. The van der Waals surface area contributed by atoms with Crippen LogP contribution in [0.1, 0.15) is 0 Å². The van der Waals surface area contributed by atoms with Gasteiger partial charge in [-0.1, -0.05) is 5.65 Å². The third kappa shape index (κ3) is 3.71. The Kier molecular flexibility index (Phi) is 2.78. The third-order valence-corrected chi connectivity index (χ3v) is 0.164. The van der Waals surface area contributed by atoms with E-state index in [1.54, 1.807) is 0 Å². The Bertz CT molecular complexity index is 30.0. The summed E-state index contributed by atoms with van der Waals surface area (Å²) in [4.78, 5) is 0. The molecule has 2 nitrogen and oxygen atoms in total. The van der Waals surface area contributed by atoms with E-state index in [-0.39, 0.29) is 0 Å². The molecule has 0 aromatic rings. The van der Waals surface area contributed by atoms with Crippen LogP contribution >= 0.6 is 0 Å². The Balaban J connectivity index is 2.63. The summed E-state index contributed by atoms with van der Waals surface area (Å²) >= 11 is 0. The Morgan fingerprint density at radius 2 is 1.83 bits per heavy atom. The van der Waals surface area contributed by atoms with Crippen LogP contribution in [-0.2, 0) is 0 Å². The maximum Gasteiger partial charge on any atom is 0.306 e. The summed E-state index contributed by atoms with van der Waals surface area (Å²) in [5.41, 5.74) is 1.53. The first kappa shape index (κ1) is 5.71. The van der Waals surface area contributed by atoms with Gasteiger partial charge >= 0.3 is 6.55 Å². The van der Waals surface area contributed by atoms with Crippen LogP contribution in [0.15, 0.2) is 0 Å². The van der Waals surface area contributed by atoms with Crippen molar-refractivity contribution in [3.63, 3.8) is 0 Å². The molecule has 6 heavy (non-hydrogen) atoms. The topological polar surface area (TPSA) is 24.1 Å². The average molecular weight is 100 g/mol. The molecule has 0 unspecified atom stereocenters. The van der Waals surface area contributed by atoms with Gasteiger partial charge in [0.25, 0.3) is 0 Å². The van der Waals surface area contributed by atoms with E-state index in [2.05, 4.69) is 0 Å². The lowest BCUT2D eigenvalue weighted by atomic mass is 11.3. The maximum absolute atomic E-state index is 10.6. The zero-order valence-corrected chi connectivity index (χ0v) is 2.71. The van der Waals surface area contributed by atoms with Crippen LogP contribution in [0.5, 0.6) is 0 Å². The van der Waals surface area contributed by atoms with Crippen molar-refractivity contribution < 1.29 is 13.3 Å². The van der Waals surface area contributed by atoms with Gasteiger partial charge in [-0.3, -0.25) is 0 Å². The van der Waals surface area contributed by atoms with Gasteiger partial charge in [0.1, 0.15) is 0 Å². The van der Waals surface area contributed by atoms with E-state index in [0.717, 1.165) is 5.43 Å². The minimum absolute atomic E-state index is 0.567. The van der Waals surface area contributed by atoms with Gasteiger partial charge in [-0.2, -0.15) is 14.2 Å². The van der Waals surface area contributed by atoms with Crippen molar-refractivity contribution in [3.05, 3.63) is 0 Å². The van der Waals surface area contributed by atoms with Gasteiger partial charge < -0.3 is 0 Å². The molecule has 0 fully saturated rings. The number of hydrogen-bond donors (Lipinski definition) is 2. The highest BCUT2D eigenvalue weighted by atomic mass is 19.3. The van der Waals surface area contributed by atoms with Crippen molar-refractivity contribution in [2.75, 3.05) is 0 Å². The number of halogens is 3. The first-order valence-corrected chi connectivity index (χ1v) is 1.16. The molecule has 0 bridgehead atoms. The van der Waals surface area contributed by atoms with Gasteiger partial charge in [0.2, 0.25) is 0 Å². The Morgan fingerprint density at radius 1 is 1.33 bits per heavy atom. The lowest BCUT2D eigenvalue weighted by molar-refractivity contribution is 0.0527. The molecule has 0 heterocycles. The van der Waals surface area contributed by atoms with Gasteiger partial charge in [-0.25, -0.2) is 0 Å². The summed E-state index contributed by atoms with van der Waals surface area (Å²) < 4.78 is 31.6. The maximum atomic E-state index is 10.6. The predicted molar refractivity (Wildman–Crippen MR) is 13.4 cm³/mol. The summed E-state index contributed by atoms with van der Waals surface area (Å²) in [5, 5.41) is 0. The van der Waals surface area contributed by atoms with Crippen LogP contribution in [0, 0.1) is 0 Å². The molecule has 0 rings (SSSR count). The molecule has 0 spiro atoms. The van der Waals surface area contributed by atoms with Crippen LogP contribution in [0.25, 0.3) is 0 Å². The zero-order valence-electron chi connectivity index (χ0n) is 2.71. The number of nitrogens with one attached hydrogen (secondary N) is 2. The molecule has 38 valence electrons. The van der Waals surface area contributed by atoms with Crippen molar-refractivity contribution in [1.29, 1.82) is 0 Å². The molecule has 0 aliphatic carbocycles. The molecule has 0 atom stereocenters. The molecule has 0 saturated carbocycles. The first-order chi connectivity index (χ1) is 2.77. The van der Waals surface area contributed by atoms with Crippen molar-refractivity contribution in [1.82, 2.24) is 11.1 Å². The lowest BCUT2D eigenvalue weighted by Gasteiger charge is -1.91. The minimum Gasteiger partial charge on any atom is -0.191 e. The molecular formula is CH3F3N2. The average Bonchev–Trinajstić information content (AvgIpc) is 1.35. The fraction of sp³-hybridized carbons (Fsp3) is 1.00. The third-order valence-electron chi connectivity index (χ3n) is 0.164. The van der Waals surface area contributed by atoms with Crippen LogP contribution in [-0.4, -0.2) is 6.55 Å². The monoisotopic (exact) mass is 100 g/mol. The molecule has 0 amide bonds. The Hall–Kier alpha value is -0.290. The molecule has 0 saturated heterocycles. The molecule has 0 radical (unpaired) electrons. The predicted octanol–water partition coefficient (Wildman–Crippen LogP) is 0.188. The number of rotatable bonds is 2. The molecule has 0 aliphatic heterocycles. The molecular weight excluding hydrogens is 97.0 g/mol. The van der Waals surface area contributed by atoms with Crippen molar-refractivity contribution in [2.45, 2.75) is 6.55 Å². The lowest BCUT2D eigenvalue weighted by Crippen LogP contribution is -2.28. The molecule has 0 aromatic heterocycles. The van der Waals surface area contributed by atoms with Gasteiger partial charge in [0, 0.05) is 0 Å². The second-order valence-electron chi connectivity index (χ2n) is 0.540. The van der Waals surface area contributed by atoms with Crippen molar-refractivity contribution >= 4 is 0 Å². The minimum atomic E-state index is -2.84. The van der Waals surface area contributed by atoms with E-state index in [4.69, 9.17) is 0 Å². The smallest absolute Gasteiger partial charge is 0.191 e. The number of hydrogen-bond acceptors (Lipinski definition) is 2. The summed E-state index contributed by atoms with van der Waals surface area (Å²) in [6, 6.07) is 0. The normalized spacial score (nSPS) is 10.0. The summed E-state index contributed by atoms with van der Waals surface area (Å²) in [5.74, 6) is 0. The summed E-state index contributed by atoms with van der Waals surface area (Å²) in [6.07, 6.45) is 0. The first-order valence-electron chi connectivity index (χ1n) is 1.16. The highest BCUT2D eigenvalue weighted by Crippen LogP contribution is 1.78. The molecule has 2 N–H and O–H groups in total. The van der Waals surface area contributed by atoms with Gasteiger partial charge in [-0.15, -0.1) is 4.48 Å². The van der Waals surface area contributed by atoms with E-state index in [1.165, 1.54) is 0 Å². The van der Waals surface area contributed by atoms with Crippen LogP contribution in [0.4, 0.5) is 13.3 Å². The van der Waals surface area contributed by atoms with Crippen molar-refractivity contribution in [2.24, 2.45) is 0 Å². The van der Waals surface area contributed by atoms with E-state index in [9.17, 15) is 13.3 Å². The van der Waals surface area contributed by atoms with Crippen LogP contribution in [0.2, 0.25) is 0 Å². The second kappa shape index (κ2) is 2.92. The molecule has 0 aliphatic rings. The van der Waals surface area contributed by atoms with Crippen LogP contribution in [0.3, 0.4) is 0 Å². The molecule has 5 heteroatoms. The number of alkyl halides is 2. The van der Waals surface area contributed by atoms with Crippen molar-refractivity contribution in [3.8, 4) is 0 Å². The van der Waals surface area contributed by atoms with E-state index in [0.29, 0.717) is 5.65 Å². The fourth-order valence-electron chi connectivity index (χ4n) is 0.0412. The molecule has 0 aromatic carbocycles. The summed E-state index contributed by atoms with van der Waals surface area (Å²) in [7, 11) is 0. The van der Waals surface area contributed by atoms with E-state index in [1.807, 2.05) is 0 Å². The van der Waals surface area contributed by atoms with E-state index < -0.39 is 6.55 Å². The standard InChI is InChI=1S/CH3F3N2/c2-1(3)5-6-4/h1,5-6H. The van der Waals surface area contributed by atoms with Gasteiger partial charge in [0.05, 0.1) is 0 Å². The van der Waals surface area contributed by atoms with E-state index >= 15 is 0 Å². The Morgan fingerprint density at radius 3 is 1.83 bits per heavy atom. The number of hydrazine groups is 1. The van der Waals surface area contributed by atoms with Crippen LogP contribution < -0.4 is 11.1 Å². The zero-order chi connectivity index (χ0) is 4.99. The van der Waals surface area contributed by atoms with Gasteiger partial charge in [-0.05, 0) is 0 Å². The highest BCUT2D eigenvalue weighted by Gasteiger charge is 1.94. The second-order valence-corrected chi connectivity index (χ2v) is 0.540. The van der Waals surface area contributed by atoms with Gasteiger partial charge in [0.15, 0.2) is 0 Å². The highest BCUT2D eigenvalue weighted by molar-refractivity contribution is 4.14. The Labute approximate surface area is 32.2 Å². The largest absolute Gasteiger partial charge is 0.306 e. The quantitative estimate of drug-likeness (QED) is 0.294. The fourth-order valence-corrected chi connectivity index (χ4v) is 0.0412.